The first-order chi connectivity index (χ1) is 16.4. The first kappa shape index (κ1) is 22.9. The number of anilines is 1. The summed E-state index contributed by atoms with van der Waals surface area (Å²) >= 11 is 5.95. The highest BCUT2D eigenvalue weighted by Crippen LogP contribution is 2.38. The molecule has 0 fully saturated rings. The second-order valence-electron chi connectivity index (χ2n) is 7.13. The lowest BCUT2D eigenvalue weighted by Crippen LogP contribution is -2.14. The van der Waals surface area contributed by atoms with Crippen molar-refractivity contribution in [1.82, 2.24) is 9.78 Å². The Morgan fingerprint density at radius 3 is 2.35 bits per heavy atom. The fourth-order valence-electron chi connectivity index (χ4n) is 3.53. The smallest absolute Gasteiger partial charge is 0.279 e. The van der Waals surface area contributed by atoms with Crippen LogP contribution < -0.4 is 19.5 Å². The van der Waals surface area contributed by atoms with E-state index in [1.807, 2.05) is 0 Å². The molecular formula is C24H20ClN3O6. The number of nitrogens with one attached hydrogen (secondary N) is 1. The average molecular weight is 482 g/mol. The summed E-state index contributed by atoms with van der Waals surface area (Å²) in [6.07, 6.45) is 1.47. The van der Waals surface area contributed by atoms with Crippen LogP contribution in [0.2, 0.25) is 5.02 Å². The molecule has 1 aromatic heterocycles. The van der Waals surface area contributed by atoms with E-state index < -0.39 is 11.8 Å². The molecule has 3 aromatic carbocycles. The number of halogens is 1. The van der Waals surface area contributed by atoms with Gasteiger partial charge in [0.1, 0.15) is 5.75 Å². The molecule has 0 atom stereocenters. The zero-order valence-electron chi connectivity index (χ0n) is 18.5. The van der Waals surface area contributed by atoms with E-state index in [0.717, 1.165) is 0 Å². The van der Waals surface area contributed by atoms with Crippen molar-refractivity contribution in [1.29, 1.82) is 0 Å². The molecule has 2 N–H and O–H groups in total. The van der Waals surface area contributed by atoms with Gasteiger partial charge in [-0.2, -0.15) is 9.78 Å². The van der Waals surface area contributed by atoms with Gasteiger partial charge in [-0.1, -0.05) is 17.7 Å². The summed E-state index contributed by atoms with van der Waals surface area (Å²) in [6.45, 7) is 0. The second kappa shape index (κ2) is 9.32. The fourth-order valence-corrected chi connectivity index (χ4v) is 3.70. The lowest BCUT2D eigenvalue weighted by atomic mass is 10.1. The molecule has 0 bridgehead atoms. The molecule has 0 spiro atoms. The quantitative estimate of drug-likeness (QED) is 0.420. The number of carbonyl (C=O) groups excluding carboxylic acids is 2. The molecule has 34 heavy (non-hydrogen) atoms. The first-order valence-corrected chi connectivity index (χ1v) is 10.4. The molecule has 0 saturated carbocycles. The van der Waals surface area contributed by atoms with Crippen molar-refractivity contribution in [3.8, 4) is 23.0 Å². The van der Waals surface area contributed by atoms with Crippen molar-refractivity contribution in [2.45, 2.75) is 0 Å². The van der Waals surface area contributed by atoms with Crippen molar-refractivity contribution in [2.75, 3.05) is 26.6 Å². The van der Waals surface area contributed by atoms with Crippen molar-refractivity contribution < 1.29 is 28.9 Å². The molecule has 4 aromatic rings. The highest BCUT2D eigenvalue weighted by Gasteiger charge is 2.21. The maximum absolute atomic E-state index is 13.3. The molecule has 10 heteroatoms. The van der Waals surface area contributed by atoms with E-state index in [0.29, 0.717) is 38.9 Å². The predicted molar refractivity (Wildman–Crippen MR) is 127 cm³/mol. The number of fused-ring (bicyclic) bond motifs is 1. The summed E-state index contributed by atoms with van der Waals surface area (Å²) < 4.78 is 17.2. The topological polar surface area (TPSA) is 112 Å². The van der Waals surface area contributed by atoms with Crippen LogP contribution in [0.4, 0.5) is 5.69 Å². The van der Waals surface area contributed by atoms with E-state index in [-0.39, 0.29) is 16.9 Å². The van der Waals surface area contributed by atoms with Gasteiger partial charge in [-0.15, -0.1) is 0 Å². The standard InChI is InChI=1S/C24H20ClN3O6/c1-32-20-9-13(10-21(33-2)22(20)34-3)24(31)28-18-6-4-5-17(16(18)12-26-28)27-23(30)15-11-14(25)7-8-19(15)29/h4-12,29H,1-3H3,(H,27,30). The highest BCUT2D eigenvalue weighted by atomic mass is 35.5. The number of aromatic nitrogens is 2. The van der Waals surface area contributed by atoms with Crippen LogP contribution in [0, 0.1) is 0 Å². The Bertz CT molecular complexity index is 1390. The van der Waals surface area contributed by atoms with Crippen LogP contribution in [-0.4, -0.2) is 48.0 Å². The van der Waals surface area contributed by atoms with E-state index in [9.17, 15) is 14.7 Å². The number of rotatable bonds is 6. The van der Waals surface area contributed by atoms with E-state index >= 15 is 0 Å². The summed E-state index contributed by atoms with van der Waals surface area (Å²) in [7, 11) is 4.39. The maximum Gasteiger partial charge on any atom is 0.279 e. The SMILES string of the molecule is COc1cc(C(=O)n2ncc3c(NC(=O)c4cc(Cl)ccc4O)cccc32)cc(OC)c1OC. The first-order valence-electron chi connectivity index (χ1n) is 9.99. The average Bonchev–Trinajstić information content (AvgIpc) is 3.29. The van der Waals surface area contributed by atoms with Gasteiger partial charge >= 0.3 is 0 Å². The van der Waals surface area contributed by atoms with Crippen molar-refractivity contribution in [3.63, 3.8) is 0 Å². The van der Waals surface area contributed by atoms with Crippen LogP contribution in [0.5, 0.6) is 23.0 Å². The van der Waals surface area contributed by atoms with Crippen molar-refractivity contribution in [3.05, 3.63) is 70.9 Å². The summed E-state index contributed by atoms with van der Waals surface area (Å²) in [5, 5.41) is 17.8. The molecule has 1 amide bonds. The van der Waals surface area contributed by atoms with Crippen LogP contribution in [0.15, 0.2) is 54.7 Å². The molecule has 4 rings (SSSR count). The number of phenolic OH excluding ortho intramolecular Hbond substituents is 1. The van der Waals surface area contributed by atoms with Crippen molar-refractivity contribution >= 4 is 40.0 Å². The summed E-state index contributed by atoms with van der Waals surface area (Å²) in [6, 6.07) is 12.3. The van der Waals surface area contributed by atoms with Gasteiger partial charge in [0.2, 0.25) is 5.75 Å². The summed E-state index contributed by atoms with van der Waals surface area (Å²) in [4.78, 5) is 26.0. The van der Waals surface area contributed by atoms with Crippen LogP contribution >= 0.6 is 11.6 Å². The lowest BCUT2D eigenvalue weighted by Gasteiger charge is -2.14. The van der Waals surface area contributed by atoms with Gasteiger partial charge in [-0.25, -0.2) is 0 Å². The number of methoxy groups -OCH3 is 3. The number of aromatic hydroxyl groups is 1. The fraction of sp³-hybridized carbons (Fsp3) is 0.125. The predicted octanol–water partition coefficient (Wildman–Crippen LogP) is 4.36. The Balaban J connectivity index is 1.72. The van der Waals surface area contributed by atoms with Crippen LogP contribution in [-0.2, 0) is 0 Å². The zero-order valence-corrected chi connectivity index (χ0v) is 19.2. The Labute approximate surface area is 199 Å². The minimum atomic E-state index is -0.559. The number of amides is 1. The van der Waals surface area contributed by atoms with E-state index in [1.165, 1.54) is 62.5 Å². The maximum atomic E-state index is 13.3. The van der Waals surface area contributed by atoms with Gasteiger partial charge in [0.25, 0.3) is 11.8 Å². The molecular weight excluding hydrogens is 462 g/mol. The Morgan fingerprint density at radius 1 is 1.00 bits per heavy atom. The van der Waals surface area contributed by atoms with Gasteiger partial charge in [0.05, 0.1) is 44.3 Å². The molecule has 0 aliphatic rings. The van der Waals surface area contributed by atoms with E-state index in [4.69, 9.17) is 25.8 Å². The third-order valence-corrected chi connectivity index (χ3v) is 5.40. The number of ether oxygens (including phenoxy) is 3. The molecule has 0 aliphatic carbocycles. The molecule has 0 radical (unpaired) electrons. The Kier molecular flexibility index (Phi) is 6.29. The number of hydrogen-bond acceptors (Lipinski definition) is 7. The van der Waals surface area contributed by atoms with Gasteiger partial charge in [-0.3, -0.25) is 9.59 Å². The van der Waals surface area contributed by atoms with E-state index in [2.05, 4.69) is 10.4 Å². The molecule has 0 saturated heterocycles. The largest absolute Gasteiger partial charge is 0.507 e. The van der Waals surface area contributed by atoms with Gasteiger partial charge in [-0.05, 0) is 42.5 Å². The number of benzene rings is 3. The highest BCUT2D eigenvalue weighted by molar-refractivity contribution is 6.31. The monoisotopic (exact) mass is 481 g/mol. The van der Waals surface area contributed by atoms with Gasteiger partial charge in [0.15, 0.2) is 11.5 Å². The van der Waals surface area contributed by atoms with Crippen LogP contribution in [0.3, 0.4) is 0 Å². The minimum Gasteiger partial charge on any atom is -0.507 e. The van der Waals surface area contributed by atoms with Crippen LogP contribution in [0.25, 0.3) is 10.9 Å². The molecule has 174 valence electrons. The number of carbonyl (C=O) groups is 2. The third kappa shape index (κ3) is 4.08. The summed E-state index contributed by atoms with van der Waals surface area (Å²) in [5.41, 5.74) is 1.15. The third-order valence-electron chi connectivity index (χ3n) is 5.17. The number of hydrogen-bond donors (Lipinski definition) is 2. The van der Waals surface area contributed by atoms with Crippen LogP contribution in [0.1, 0.15) is 20.7 Å². The van der Waals surface area contributed by atoms with Gasteiger partial charge in [0, 0.05) is 16.0 Å². The van der Waals surface area contributed by atoms with E-state index in [1.54, 1.807) is 18.2 Å². The zero-order chi connectivity index (χ0) is 24.4. The molecule has 0 unspecified atom stereocenters. The van der Waals surface area contributed by atoms with Gasteiger partial charge < -0.3 is 24.6 Å². The van der Waals surface area contributed by atoms with Crippen molar-refractivity contribution in [2.24, 2.45) is 0 Å². The minimum absolute atomic E-state index is 0.0189. The molecule has 1 heterocycles. The Morgan fingerprint density at radius 2 is 1.71 bits per heavy atom. The molecule has 0 aliphatic heterocycles. The lowest BCUT2D eigenvalue weighted by molar-refractivity contribution is 0.0949. The second-order valence-corrected chi connectivity index (χ2v) is 7.57. The number of phenols is 1. The Hall–Kier alpha value is -4.24. The summed E-state index contributed by atoms with van der Waals surface area (Å²) in [5.74, 6) is -0.184. The molecule has 9 nitrogen and oxygen atoms in total. The number of nitrogens with zero attached hydrogens (tertiary/aromatic N) is 2. The normalized spacial score (nSPS) is 10.7.